The lowest BCUT2D eigenvalue weighted by Crippen LogP contribution is -2.41. The molecule has 7 nitrogen and oxygen atoms in total. The Bertz CT molecular complexity index is 1390. The van der Waals surface area contributed by atoms with E-state index >= 15 is 0 Å². The molecule has 1 amide bonds. The number of anilines is 1. The van der Waals surface area contributed by atoms with Gasteiger partial charge < -0.3 is 14.5 Å². The quantitative estimate of drug-likeness (QED) is 0.525. The highest BCUT2D eigenvalue weighted by Gasteiger charge is 2.30. The van der Waals surface area contributed by atoms with Crippen molar-refractivity contribution in [2.24, 2.45) is 0 Å². The fourth-order valence-electron chi connectivity index (χ4n) is 3.81. The Kier molecular flexibility index (Phi) is 4.97. The van der Waals surface area contributed by atoms with Crippen molar-refractivity contribution >= 4 is 43.6 Å². The van der Waals surface area contributed by atoms with E-state index in [1.54, 1.807) is 24.3 Å². The molecule has 8 heteroatoms. The second-order valence-electron chi connectivity index (χ2n) is 7.28. The van der Waals surface area contributed by atoms with Gasteiger partial charge in [0.2, 0.25) is 10.0 Å². The number of ether oxygens (including phenoxy) is 1. The first-order valence-electron chi connectivity index (χ1n) is 9.93. The standard InChI is InChI=1S/C23H20N2O5S/c26-23(19-6-2-4-8-22(19)31(27,28)25-11-13-29-14-12-25)24-16-9-10-18-17-5-1-3-7-20(17)30-21(18)15-16/h1-10,15H,11-14H2,(H,24,26). The van der Waals surface area contributed by atoms with Crippen LogP contribution in [0.25, 0.3) is 21.9 Å². The Morgan fingerprint density at radius 3 is 2.42 bits per heavy atom. The number of amides is 1. The average molecular weight is 436 g/mol. The molecule has 5 rings (SSSR count). The van der Waals surface area contributed by atoms with Crippen LogP contribution in [0.1, 0.15) is 10.4 Å². The van der Waals surface area contributed by atoms with Gasteiger partial charge in [0, 0.05) is 35.6 Å². The number of hydrogen-bond donors (Lipinski definition) is 1. The van der Waals surface area contributed by atoms with Crippen LogP contribution in [-0.4, -0.2) is 44.9 Å². The third-order valence-electron chi connectivity index (χ3n) is 5.36. The maximum Gasteiger partial charge on any atom is 0.257 e. The molecule has 1 fully saturated rings. The summed E-state index contributed by atoms with van der Waals surface area (Å²) in [7, 11) is -3.81. The zero-order valence-corrected chi connectivity index (χ0v) is 17.4. The molecule has 1 N–H and O–H groups in total. The molecular weight excluding hydrogens is 416 g/mol. The van der Waals surface area contributed by atoms with Crippen LogP contribution in [0.4, 0.5) is 5.69 Å². The fourth-order valence-corrected chi connectivity index (χ4v) is 5.40. The molecule has 0 spiro atoms. The summed E-state index contributed by atoms with van der Waals surface area (Å²) in [4.78, 5) is 13.0. The minimum absolute atomic E-state index is 0.0146. The number of hydrogen-bond acceptors (Lipinski definition) is 5. The van der Waals surface area contributed by atoms with Crippen LogP contribution in [0, 0.1) is 0 Å². The third-order valence-corrected chi connectivity index (χ3v) is 7.31. The normalized spacial score (nSPS) is 15.4. The first-order chi connectivity index (χ1) is 15.0. The van der Waals surface area contributed by atoms with Crippen molar-refractivity contribution in [1.82, 2.24) is 4.31 Å². The molecule has 0 bridgehead atoms. The SMILES string of the molecule is O=C(Nc1ccc2c(c1)oc1ccccc12)c1ccccc1S(=O)(=O)N1CCOCC1. The van der Waals surface area contributed by atoms with Gasteiger partial charge in [-0.15, -0.1) is 0 Å². The highest BCUT2D eigenvalue weighted by Crippen LogP contribution is 2.30. The van der Waals surface area contributed by atoms with Gasteiger partial charge in [-0.25, -0.2) is 8.42 Å². The van der Waals surface area contributed by atoms with Gasteiger partial charge >= 0.3 is 0 Å². The lowest BCUT2D eigenvalue weighted by molar-refractivity contribution is 0.0730. The number of nitrogens with one attached hydrogen (secondary N) is 1. The van der Waals surface area contributed by atoms with Crippen LogP contribution in [0.5, 0.6) is 0 Å². The van der Waals surface area contributed by atoms with Gasteiger partial charge in [0.05, 0.1) is 23.7 Å². The van der Waals surface area contributed by atoms with Crippen LogP contribution in [0.2, 0.25) is 0 Å². The Hall–Kier alpha value is -3.20. The summed E-state index contributed by atoms with van der Waals surface area (Å²) < 4.78 is 38.7. The smallest absolute Gasteiger partial charge is 0.257 e. The molecule has 1 saturated heterocycles. The van der Waals surface area contributed by atoms with E-state index in [1.165, 1.54) is 16.4 Å². The first kappa shape index (κ1) is 19.7. The number of para-hydroxylation sites is 1. The van der Waals surface area contributed by atoms with Crippen LogP contribution in [0.15, 0.2) is 76.0 Å². The largest absolute Gasteiger partial charge is 0.456 e. The Morgan fingerprint density at radius 2 is 1.58 bits per heavy atom. The molecule has 0 unspecified atom stereocenters. The Balaban J connectivity index is 1.46. The van der Waals surface area contributed by atoms with Crippen molar-refractivity contribution in [3.05, 3.63) is 72.3 Å². The van der Waals surface area contributed by atoms with Crippen LogP contribution in [-0.2, 0) is 14.8 Å². The monoisotopic (exact) mass is 436 g/mol. The van der Waals surface area contributed by atoms with Crippen molar-refractivity contribution < 1.29 is 22.4 Å². The lowest BCUT2D eigenvalue weighted by Gasteiger charge is -2.26. The highest BCUT2D eigenvalue weighted by atomic mass is 32.2. The van der Waals surface area contributed by atoms with E-state index < -0.39 is 15.9 Å². The van der Waals surface area contributed by atoms with Crippen LogP contribution in [0.3, 0.4) is 0 Å². The van der Waals surface area contributed by atoms with Crippen molar-refractivity contribution in [1.29, 1.82) is 0 Å². The van der Waals surface area contributed by atoms with E-state index in [9.17, 15) is 13.2 Å². The van der Waals surface area contributed by atoms with Gasteiger partial charge in [-0.1, -0.05) is 30.3 Å². The van der Waals surface area contributed by atoms with Gasteiger partial charge in [-0.2, -0.15) is 4.31 Å². The van der Waals surface area contributed by atoms with E-state index in [0.717, 1.165) is 16.4 Å². The fraction of sp³-hybridized carbons (Fsp3) is 0.174. The Labute approximate surface area is 179 Å². The van der Waals surface area contributed by atoms with Crippen molar-refractivity contribution in [2.45, 2.75) is 4.90 Å². The van der Waals surface area contributed by atoms with E-state index in [0.29, 0.717) is 24.5 Å². The number of nitrogens with zero attached hydrogens (tertiary/aromatic N) is 1. The van der Waals surface area contributed by atoms with Gasteiger partial charge in [0.15, 0.2) is 0 Å². The maximum absolute atomic E-state index is 13.1. The molecule has 1 aliphatic rings. The molecule has 1 aliphatic heterocycles. The summed E-state index contributed by atoms with van der Waals surface area (Å²) in [6, 6.07) is 19.4. The van der Waals surface area contributed by atoms with Crippen molar-refractivity contribution in [3.63, 3.8) is 0 Å². The number of sulfonamides is 1. The van der Waals surface area contributed by atoms with Gasteiger partial charge in [0.1, 0.15) is 11.2 Å². The molecule has 0 saturated carbocycles. The zero-order valence-electron chi connectivity index (χ0n) is 16.6. The van der Waals surface area contributed by atoms with Gasteiger partial charge in [-0.05, 0) is 30.3 Å². The number of morpholine rings is 1. The van der Waals surface area contributed by atoms with Crippen LogP contribution < -0.4 is 5.32 Å². The summed E-state index contributed by atoms with van der Waals surface area (Å²) >= 11 is 0. The average Bonchev–Trinajstić information content (AvgIpc) is 3.17. The van der Waals surface area contributed by atoms with E-state index in [1.807, 2.05) is 30.3 Å². The first-order valence-corrected chi connectivity index (χ1v) is 11.4. The minimum atomic E-state index is -3.81. The maximum atomic E-state index is 13.1. The summed E-state index contributed by atoms with van der Waals surface area (Å²) in [5.41, 5.74) is 2.03. The molecule has 31 heavy (non-hydrogen) atoms. The molecule has 0 radical (unpaired) electrons. The second-order valence-corrected chi connectivity index (χ2v) is 9.18. The molecule has 0 atom stereocenters. The highest BCUT2D eigenvalue weighted by molar-refractivity contribution is 7.89. The summed E-state index contributed by atoms with van der Waals surface area (Å²) in [6.45, 7) is 1.21. The molecule has 4 aromatic rings. The van der Waals surface area contributed by atoms with Crippen LogP contribution >= 0.6 is 0 Å². The van der Waals surface area contributed by atoms with Crippen molar-refractivity contribution in [3.8, 4) is 0 Å². The number of rotatable bonds is 4. The lowest BCUT2D eigenvalue weighted by atomic mass is 10.1. The third kappa shape index (κ3) is 3.59. The topological polar surface area (TPSA) is 88.8 Å². The number of carbonyl (C=O) groups excluding carboxylic acids is 1. The van der Waals surface area contributed by atoms with Crippen molar-refractivity contribution in [2.75, 3.05) is 31.6 Å². The zero-order chi connectivity index (χ0) is 21.4. The predicted octanol–water partition coefficient (Wildman–Crippen LogP) is 3.86. The summed E-state index contributed by atoms with van der Waals surface area (Å²) in [6.07, 6.45) is 0. The number of carbonyl (C=O) groups is 1. The Morgan fingerprint density at radius 1 is 0.871 bits per heavy atom. The molecular formula is C23H20N2O5S. The van der Waals surface area contributed by atoms with E-state index in [4.69, 9.17) is 9.15 Å². The molecule has 2 heterocycles. The second kappa shape index (κ2) is 7.81. The van der Waals surface area contributed by atoms with Gasteiger partial charge in [0.25, 0.3) is 5.91 Å². The number of benzene rings is 3. The summed E-state index contributed by atoms with van der Waals surface area (Å²) in [5.74, 6) is -0.497. The van der Waals surface area contributed by atoms with Gasteiger partial charge in [-0.3, -0.25) is 4.79 Å². The van der Waals surface area contributed by atoms with E-state index in [2.05, 4.69) is 5.32 Å². The summed E-state index contributed by atoms with van der Waals surface area (Å²) in [5, 5.41) is 4.75. The molecule has 3 aromatic carbocycles. The predicted molar refractivity (Wildman–Crippen MR) is 118 cm³/mol. The molecule has 158 valence electrons. The molecule has 0 aliphatic carbocycles. The van der Waals surface area contributed by atoms with E-state index in [-0.39, 0.29) is 23.5 Å². The molecule has 1 aromatic heterocycles. The number of furan rings is 1. The minimum Gasteiger partial charge on any atom is -0.456 e. The number of fused-ring (bicyclic) bond motifs is 3.